The molecule has 0 aliphatic heterocycles. The molecule has 0 saturated heterocycles. The number of benzene rings is 1. The van der Waals surface area contributed by atoms with Crippen molar-refractivity contribution < 1.29 is 14.3 Å². The standard InChI is InChI=1S/C20H31NO3/c1-3-5-6-7-8-9-16-24-19(22)14-15-21-20(23)18-12-10-17(4-2)11-13-18/h10-13H,3-9,14-16H2,1-2H3,(H,21,23). The Bertz CT molecular complexity index is 482. The van der Waals surface area contributed by atoms with Crippen LogP contribution in [0.5, 0.6) is 0 Å². The van der Waals surface area contributed by atoms with Crippen LogP contribution < -0.4 is 5.32 Å². The van der Waals surface area contributed by atoms with Gasteiger partial charge in [0.15, 0.2) is 0 Å². The Morgan fingerprint density at radius 2 is 1.62 bits per heavy atom. The smallest absolute Gasteiger partial charge is 0.307 e. The Morgan fingerprint density at radius 1 is 0.958 bits per heavy atom. The van der Waals surface area contributed by atoms with Gasteiger partial charge in [-0.2, -0.15) is 0 Å². The average Bonchev–Trinajstić information content (AvgIpc) is 2.61. The molecule has 0 spiro atoms. The molecule has 0 bridgehead atoms. The first-order valence-corrected chi connectivity index (χ1v) is 9.20. The second-order valence-electron chi connectivity index (χ2n) is 6.04. The van der Waals surface area contributed by atoms with Crippen molar-refractivity contribution in [2.24, 2.45) is 0 Å². The van der Waals surface area contributed by atoms with Crippen LogP contribution in [0, 0.1) is 0 Å². The molecule has 4 nitrogen and oxygen atoms in total. The highest BCUT2D eigenvalue weighted by Gasteiger charge is 2.07. The molecule has 134 valence electrons. The molecule has 1 rings (SSSR count). The zero-order chi connectivity index (χ0) is 17.6. The first-order valence-electron chi connectivity index (χ1n) is 9.20. The van der Waals surface area contributed by atoms with Crippen molar-refractivity contribution in [2.75, 3.05) is 13.2 Å². The first-order chi connectivity index (χ1) is 11.7. The SMILES string of the molecule is CCCCCCCCOC(=O)CCNC(=O)c1ccc(CC)cc1. The number of hydrogen-bond donors (Lipinski definition) is 1. The molecule has 0 atom stereocenters. The van der Waals surface area contributed by atoms with E-state index < -0.39 is 0 Å². The summed E-state index contributed by atoms with van der Waals surface area (Å²) >= 11 is 0. The lowest BCUT2D eigenvalue weighted by atomic mass is 10.1. The molecule has 0 radical (unpaired) electrons. The summed E-state index contributed by atoms with van der Waals surface area (Å²) in [6, 6.07) is 7.52. The van der Waals surface area contributed by atoms with Gasteiger partial charge in [-0.25, -0.2) is 0 Å². The molecule has 0 aliphatic carbocycles. The van der Waals surface area contributed by atoms with Gasteiger partial charge in [-0.3, -0.25) is 9.59 Å². The second-order valence-corrected chi connectivity index (χ2v) is 6.04. The number of hydrogen-bond acceptors (Lipinski definition) is 3. The van der Waals surface area contributed by atoms with Crippen molar-refractivity contribution in [1.29, 1.82) is 0 Å². The molecular formula is C20H31NO3. The van der Waals surface area contributed by atoms with Crippen LogP contribution in [0.2, 0.25) is 0 Å². The molecule has 0 unspecified atom stereocenters. The van der Waals surface area contributed by atoms with Crippen molar-refractivity contribution in [3.05, 3.63) is 35.4 Å². The van der Waals surface area contributed by atoms with Gasteiger partial charge in [-0.05, 0) is 30.5 Å². The first kappa shape index (κ1) is 20.2. The van der Waals surface area contributed by atoms with Gasteiger partial charge in [0.1, 0.15) is 0 Å². The van der Waals surface area contributed by atoms with E-state index in [0.717, 1.165) is 19.3 Å². The molecule has 1 N–H and O–H groups in total. The van der Waals surface area contributed by atoms with E-state index in [1.807, 2.05) is 24.3 Å². The maximum atomic E-state index is 11.9. The molecule has 0 heterocycles. The van der Waals surface area contributed by atoms with Crippen LogP contribution in [0.4, 0.5) is 0 Å². The van der Waals surface area contributed by atoms with Gasteiger partial charge in [0.2, 0.25) is 0 Å². The van der Waals surface area contributed by atoms with E-state index in [9.17, 15) is 9.59 Å². The summed E-state index contributed by atoms with van der Waals surface area (Å²) in [6.07, 6.45) is 8.18. The lowest BCUT2D eigenvalue weighted by Gasteiger charge is -2.07. The molecule has 4 heteroatoms. The van der Waals surface area contributed by atoms with Gasteiger partial charge in [0, 0.05) is 12.1 Å². The van der Waals surface area contributed by atoms with Gasteiger partial charge >= 0.3 is 5.97 Å². The number of ether oxygens (including phenoxy) is 1. The van der Waals surface area contributed by atoms with Crippen LogP contribution in [0.15, 0.2) is 24.3 Å². The quantitative estimate of drug-likeness (QED) is 0.459. The Labute approximate surface area is 146 Å². The average molecular weight is 333 g/mol. The molecule has 1 aromatic carbocycles. The van der Waals surface area contributed by atoms with Crippen molar-refractivity contribution in [2.45, 2.75) is 65.2 Å². The Hall–Kier alpha value is -1.84. The number of amides is 1. The highest BCUT2D eigenvalue weighted by atomic mass is 16.5. The molecule has 24 heavy (non-hydrogen) atoms. The molecule has 1 amide bonds. The Morgan fingerprint density at radius 3 is 2.29 bits per heavy atom. The Kier molecular flexibility index (Phi) is 10.6. The largest absolute Gasteiger partial charge is 0.466 e. The summed E-state index contributed by atoms with van der Waals surface area (Å²) in [5, 5.41) is 2.75. The van der Waals surface area contributed by atoms with Gasteiger partial charge in [0.05, 0.1) is 13.0 Å². The molecule has 0 aliphatic rings. The zero-order valence-electron chi connectivity index (χ0n) is 15.1. The fourth-order valence-corrected chi connectivity index (χ4v) is 2.41. The van der Waals surface area contributed by atoms with E-state index in [1.165, 1.54) is 31.2 Å². The maximum Gasteiger partial charge on any atom is 0.307 e. The molecular weight excluding hydrogens is 302 g/mol. The molecule has 1 aromatic rings. The number of rotatable bonds is 12. The molecule has 0 fully saturated rings. The fraction of sp³-hybridized carbons (Fsp3) is 0.600. The van der Waals surface area contributed by atoms with Gasteiger partial charge in [0.25, 0.3) is 5.91 Å². The van der Waals surface area contributed by atoms with E-state index >= 15 is 0 Å². The summed E-state index contributed by atoms with van der Waals surface area (Å²) in [4.78, 5) is 23.6. The van der Waals surface area contributed by atoms with Crippen molar-refractivity contribution >= 4 is 11.9 Å². The normalized spacial score (nSPS) is 10.4. The number of nitrogens with one attached hydrogen (secondary N) is 1. The van der Waals surface area contributed by atoms with Crippen LogP contribution in [0.25, 0.3) is 0 Å². The number of esters is 1. The number of aryl methyl sites for hydroxylation is 1. The highest BCUT2D eigenvalue weighted by Crippen LogP contribution is 2.06. The van der Waals surface area contributed by atoms with E-state index in [0.29, 0.717) is 18.7 Å². The third-order valence-electron chi connectivity index (χ3n) is 4.00. The number of carbonyl (C=O) groups excluding carboxylic acids is 2. The van der Waals surface area contributed by atoms with Gasteiger partial charge in [-0.1, -0.05) is 58.1 Å². The van der Waals surface area contributed by atoms with Crippen LogP contribution in [-0.2, 0) is 16.0 Å². The topological polar surface area (TPSA) is 55.4 Å². The van der Waals surface area contributed by atoms with Gasteiger partial charge < -0.3 is 10.1 Å². The summed E-state index contributed by atoms with van der Waals surface area (Å²) in [6.45, 7) is 5.06. The minimum Gasteiger partial charge on any atom is -0.466 e. The number of unbranched alkanes of at least 4 members (excludes halogenated alkanes) is 5. The van der Waals surface area contributed by atoms with Crippen molar-refractivity contribution in [3.63, 3.8) is 0 Å². The molecule has 0 aromatic heterocycles. The van der Waals surface area contributed by atoms with Crippen LogP contribution in [-0.4, -0.2) is 25.0 Å². The molecule has 0 saturated carbocycles. The second kappa shape index (κ2) is 12.6. The van der Waals surface area contributed by atoms with E-state index in [-0.39, 0.29) is 18.3 Å². The third kappa shape index (κ3) is 8.70. The summed E-state index contributed by atoms with van der Waals surface area (Å²) in [5.74, 6) is -0.397. The van der Waals surface area contributed by atoms with Gasteiger partial charge in [-0.15, -0.1) is 0 Å². The van der Waals surface area contributed by atoms with Crippen molar-refractivity contribution in [3.8, 4) is 0 Å². The van der Waals surface area contributed by atoms with Crippen molar-refractivity contribution in [1.82, 2.24) is 5.32 Å². The fourth-order valence-electron chi connectivity index (χ4n) is 2.41. The summed E-state index contributed by atoms with van der Waals surface area (Å²) in [5.41, 5.74) is 1.82. The van der Waals surface area contributed by atoms with E-state index in [2.05, 4.69) is 19.2 Å². The van der Waals surface area contributed by atoms with Crippen LogP contribution >= 0.6 is 0 Å². The summed E-state index contributed by atoms with van der Waals surface area (Å²) < 4.78 is 5.18. The Balaban J connectivity index is 2.08. The number of carbonyl (C=O) groups is 2. The third-order valence-corrected chi connectivity index (χ3v) is 4.00. The predicted molar refractivity (Wildman–Crippen MR) is 97.1 cm³/mol. The van der Waals surface area contributed by atoms with Crippen LogP contribution in [0.3, 0.4) is 0 Å². The monoisotopic (exact) mass is 333 g/mol. The lowest BCUT2D eigenvalue weighted by Crippen LogP contribution is -2.26. The predicted octanol–water partition coefficient (Wildman–Crippen LogP) is 4.27. The van der Waals surface area contributed by atoms with E-state index in [1.54, 1.807) is 0 Å². The minimum absolute atomic E-state index is 0.152. The van der Waals surface area contributed by atoms with E-state index in [4.69, 9.17) is 4.74 Å². The van der Waals surface area contributed by atoms with Crippen LogP contribution in [0.1, 0.15) is 74.7 Å². The summed E-state index contributed by atoms with van der Waals surface area (Å²) in [7, 11) is 0. The highest BCUT2D eigenvalue weighted by molar-refractivity contribution is 5.94. The zero-order valence-corrected chi connectivity index (χ0v) is 15.1. The maximum absolute atomic E-state index is 11.9. The minimum atomic E-state index is -0.245. The lowest BCUT2D eigenvalue weighted by molar-refractivity contribution is -0.143.